The van der Waals surface area contributed by atoms with E-state index in [1.54, 1.807) is 0 Å². The fraction of sp³-hybridized carbons (Fsp3) is 0.174. The van der Waals surface area contributed by atoms with Gasteiger partial charge in [-0.05, 0) is 41.0 Å². The lowest BCUT2D eigenvalue weighted by Gasteiger charge is -2.21. The number of carboxylic acids is 1. The lowest BCUT2D eigenvalue weighted by Crippen LogP contribution is -2.29. The van der Waals surface area contributed by atoms with Crippen LogP contribution in [0, 0.1) is 0 Å². The van der Waals surface area contributed by atoms with Crippen LogP contribution in [0.2, 0.25) is 0 Å². The number of nitrogens with one attached hydrogen (secondary N) is 1. The van der Waals surface area contributed by atoms with Crippen LogP contribution in [0.15, 0.2) is 84.9 Å². The molecule has 3 aromatic carbocycles. The zero-order valence-corrected chi connectivity index (χ0v) is 15.8. The van der Waals surface area contributed by atoms with Crippen LogP contribution < -0.4 is 5.32 Å². The van der Waals surface area contributed by atoms with Crippen LogP contribution in [-0.4, -0.2) is 22.9 Å². The number of carbonyl (C=O) groups is 1. The Bertz CT molecular complexity index is 828. The molecule has 1 atom stereocenters. The van der Waals surface area contributed by atoms with Crippen LogP contribution >= 0.6 is 12.6 Å². The van der Waals surface area contributed by atoms with Crippen LogP contribution in [0.25, 0.3) is 0 Å². The monoisotopic (exact) mass is 377 g/mol. The predicted molar refractivity (Wildman–Crippen MR) is 114 cm³/mol. The largest absolute Gasteiger partial charge is 0.480 e. The maximum Gasteiger partial charge on any atom is 0.326 e. The molecule has 0 aliphatic rings. The number of carboxylic acid groups (broad SMARTS) is 1. The zero-order valence-electron chi connectivity index (χ0n) is 15.0. The molecule has 0 amide bonds. The molecular formula is C23H23NO2S. The van der Waals surface area contributed by atoms with Crippen molar-refractivity contribution in [3.8, 4) is 0 Å². The molecule has 0 spiro atoms. The molecule has 0 aliphatic carbocycles. The fourth-order valence-corrected chi connectivity index (χ4v) is 3.52. The van der Waals surface area contributed by atoms with Gasteiger partial charge in [-0.15, -0.1) is 0 Å². The predicted octanol–water partition coefficient (Wildman–Crippen LogP) is 5.05. The maximum atomic E-state index is 11.5. The first-order valence-corrected chi connectivity index (χ1v) is 9.62. The van der Waals surface area contributed by atoms with Gasteiger partial charge >= 0.3 is 5.97 Å². The number of hydrogen-bond donors (Lipinski definition) is 3. The Balaban J connectivity index is 1.97. The summed E-state index contributed by atoms with van der Waals surface area (Å²) in [4.78, 5) is 11.5. The number of hydrogen-bond acceptors (Lipinski definition) is 3. The number of thiol groups is 1. The molecule has 4 heteroatoms. The van der Waals surface area contributed by atoms with Crippen molar-refractivity contribution in [2.75, 3.05) is 11.1 Å². The van der Waals surface area contributed by atoms with Gasteiger partial charge in [0.15, 0.2) is 0 Å². The quantitative estimate of drug-likeness (QED) is 0.380. The molecule has 3 aromatic rings. The van der Waals surface area contributed by atoms with Gasteiger partial charge in [-0.1, -0.05) is 72.8 Å². The highest BCUT2D eigenvalue weighted by atomic mass is 32.1. The number of anilines is 1. The normalized spacial score (nSPS) is 11.9. The second-order valence-corrected chi connectivity index (χ2v) is 6.87. The lowest BCUT2D eigenvalue weighted by molar-refractivity contribution is -0.137. The summed E-state index contributed by atoms with van der Waals surface area (Å²) in [5.74, 6) is -0.264. The molecule has 0 heterocycles. The molecular weight excluding hydrogens is 354 g/mol. The van der Waals surface area contributed by atoms with E-state index in [2.05, 4.69) is 48.3 Å². The minimum atomic E-state index is -0.864. The first kappa shape index (κ1) is 19.1. The van der Waals surface area contributed by atoms with Crippen LogP contribution in [0.3, 0.4) is 0 Å². The van der Waals surface area contributed by atoms with Crippen molar-refractivity contribution >= 4 is 24.3 Å². The maximum absolute atomic E-state index is 11.5. The van der Waals surface area contributed by atoms with Gasteiger partial charge < -0.3 is 10.4 Å². The molecule has 3 rings (SSSR count). The highest BCUT2D eigenvalue weighted by Gasteiger charge is 2.19. The van der Waals surface area contributed by atoms with Crippen molar-refractivity contribution in [1.82, 2.24) is 0 Å². The Morgan fingerprint density at radius 2 is 1.41 bits per heavy atom. The van der Waals surface area contributed by atoms with Gasteiger partial charge in [0, 0.05) is 11.6 Å². The highest BCUT2D eigenvalue weighted by Crippen LogP contribution is 2.33. The van der Waals surface area contributed by atoms with Crippen molar-refractivity contribution in [2.45, 2.75) is 18.4 Å². The summed E-state index contributed by atoms with van der Waals surface area (Å²) >= 11 is 4.17. The van der Waals surface area contributed by atoms with Gasteiger partial charge in [-0.25, -0.2) is 4.79 Å². The van der Waals surface area contributed by atoms with E-state index in [1.165, 1.54) is 11.1 Å². The molecule has 0 aliphatic heterocycles. The van der Waals surface area contributed by atoms with E-state index in [0.29, 0.717) is 12.2 Å². The average Bonchev–Trinajstić information content (AvgIpc) is 2.70. The van der Waals surface area contributed by atoms with E-state index in [1.807, 2.05) is 54.6 Å². The first-order chi connectivity index (χ1) is 13.2. The SMILES string of the molecule is O=C(O)[C@H](CCS)Nc1cccc(C(c2ccccc2)c2ccccc2)c1. The third-order valence-corrected chi connectivity index (χ3v) is 4.80. The van der Waals surface area contributed by atoms with Gasteiger partial charge in [0.25, 0.3) is 0 Å². The van der Waals surface area contributed by atoms with Crippen LogP contribution in [0.5, 0.6) is 0 Å². The van der Waals surface area contributed by atoms with Gasteiger partial charge in [-0.3, -0.25) is 0 Å². The van der Waals surface area contributed by atoms with E-state index in [4.69, 9.17) is 0 Å². The number of rotatable bonds is 8. The molecule has 3 nitrogen and oxygen atoms in total. The Labute approximate surface area is 165 Å². The molecule has 2 N–H and O–H groups in total. The minimum absolute atomic E-state index is 0.0855. The standard InChI is InChI=1S/C23H23NO2S/c25-23(26)21(14-15-27)24-20-13-7-12-19(16-20)22(17-8-3-1-4-9-17)18-10-5-2-6-11-18/h1-13,16,21-22,24,27H,14-15H2,(H,25,26)/t21-/m0/s1. The first-order valence-electron chi connectivity index (χ1n) is 8.99. The summed E-state index contributed by atoms with van der Waals surface area (Å²) < 4.78 is 0. The third-order valence-electron chi connectivity index (χ3n) is 4.54. The summed E-state index contributed by atoms with van der Waals surface area (Å²) in [6, 6.07) is 28.0. The summed E-state index contributed by atoms with van der Waals surface area (Å²) in [5, 5.41) is 12.5. The summed E-state index contributed by atoms with van der Waals surface area (Å²) in [5.41, 5.74) is 4.32. The zero-order chi connectivity index (χ0) is 19.1. The van der Waals surface area contributed by atoms with Crippen molar-refractivity contribution in [3.63, 3.8) is 0 Å². The van der Waals surface area contributed by atoms with Crippen molar-refractivity contribution in [3.05, 3.63) is 102 Å². The highest BCUT2D eigenvalue weighted by molar-refractivity contribution is 7.80. The van der Waals surface area contributed by atoms with E-state index in [-0.39, 0.29) is 5.92 Å². The van der Waals surface area contributed by atoms with E-state index in [0.717, 1.165) is 11.3 Å². The van der Waals surface area contributed by atoms with Crippen LogP contribution in [0.1, 0.15) is 29.0 Å². The molecule has 0 radical (unpaired) electrons. The molecule has 27 heavy (non-hydrogen) atoms. The summed E-state index contributed by atoms with van der Waals surface area (Å²) in [7, 11) is 0. The summed E-state index contributed by atoms with van der Waals surface area (Å²) in [6.07, 6.45) is 0.462. The van der Waals surface area contributed by atoms with Gasteiger partial charge in [0.2, 0.25) is 0 Å². The van der Waals surface area contributed by atoms with Gasteiger partial charge in [-0.2, -0.15) is 12.6 Å². The number of benzene rings is 3. The third kappa shape index (κ3) is 4.92. The van der Waals surface area contributed by atoms with Gasteiger partial charge in [0.05, 0.1) is 0 Å². The second-order valence-electron chi connectivity index (χ2n) is 6.43. The minimum Gasteiger partial charge on any atom is -0.480 e. The molecule has 0 saturated carbocycles. The molecule has 0 saturated heterocycles. The second kappa shape index (κ2) is 9.28. The Morgan fingerprint density at radius 3 is 1.93 bits per heavy atom. The molecule has 0 bridgehead atoms. The van der Waals surface area contributed by atoms with Gasteiger partial charge in [0.1, 0.15) is 6.04 Å². The van der Waals surface area contributed by atoms with E-state index < -0.39 is 12.0 Å². The average molecular weight is 378 g/mol. The molecule has 0 unspecified atom stereocenters. The van der Waals surface area contributed by atoms with Crippen molar-refractivity contribution in [2.24, 2.45) is 0 Å². The van der Waals surface area contributed by atoms with Crippen molar-refractivity contribution < 1.29 is 9.90 Å². The topological polar surface area (TPSA) is 49.3 Å². The molecule has 0 aromatic heterocycles. The Hall–Kier alpha value is -2.72. The van der Waals surface area contributed by atoms with Crippen LogP contribution in [-0.2, 0) is 4.79 Å². The number of aliphatic carboxylic acids is 1. The smallest absolute Gasteiger partial charge is 0.326 e. The summed E-state index contributed by atoms with van der Waals surface area (Å²) in [6.45, 7) is 0. The van der Waals surface area contributed by atoms with Crippen LogP contribution in [0.4, 0.5) is 5.69 Å². The molecule has 138 valence electrons. The van der Waals surface area contributed by atoms with E-state index >= 15 is 0 Å². The fourth-order valence-electron chi connectivity index (χ4n) is 3.26. The molecule has 0 fully saturated rings. The lowest BCUT2D eigenvalue weighted by atomic mass is 9.85. The Kier molecular flexibility index (Phi) is 6.55. The Morgan fingerprint density at radius 1 is 0.852 bits per heavy atom. The van der Waals surface area contributed by atoms with E-state index in [9.17, 15) is 9.90 Å². The van der Waals surface area contributed by atoms with Crippen molar-refractivity contribution in [1.29, 1.82) is 0 Å².